The number of ether oxygens (including phenoxy) is 1. The Morgan fingerprint density at radius 1 is 1.16 bits per heavy atom. The van der Waals surface area contributed by atoms with Gasteiger partial charge in [-0.05, 0) is 26.2 Å². The van der Waals surface area contributed by atoms with Crippen molar-refractivity contribution in [2.24, 2.45) is 0 Å². The summed E-state index contributed by atoms with van der Waals surface area (Å²) in [4.78, 5) is 22.8. The lowest BCUT2D eigenvalue weighted by Crippen LogP contribution is -2.43. The molecule has 2 N–H and O–H groups in total. The van der Waals surface area contributed by atoms with Gasteiger partial charge < -0.3 is 19.4 Å². The number of quaternary nitrogens is 1. The highest BCUT2D eigenvalue weighted by atomic mass is 16.5. The average Bonchev–Trinajstić information content (AvgIpc) is 2.45. The van der Waals surface area contributed by atoms with Gasteiger partial charge in [0.2, 0.25) is 0 Å². The van der Waals surface area contributed by atoms with Crippen LogP contribution in [0.5, 0.6) is 0 Å². The number of esters is 1. The summed E-state index contributed by atoms with van der Waals surface area (Å²) >= 11 is 0. The first kappa shape index (κ1) is 23.3. The molecule has 0 radical (unpaired) electrons. The maximum absolute atomic E-state index is 11.9. The van der Waals surface area contributed by atoms with E-state index in [1.165, 1.54) is 0 Å². The Hall–Kier alpha value is -1.66. The lowest BCUT2D eigenvalue weighted by atomic mass is 10.1. The number of aliphatic hydroxyl groups excluding tert-OH is 1. The number of carboxylic acids is 1. The average molecular weight is 356 g/mol. The summed E-state index contributed by atoms with van der Waals surface area (Å²) in [6, 6.07) is 0. The zero-order valence-corrected chi connectivity index (χ0v) is 16.0. The summed E-state index contributed by atoms with van der Waals surface area (Å²) in [6.07, 6.45) is 9.26. The van der Waals surface area contributed by atoms with E-state index in [-0.39, 0.29) is 18.8 Å². The highest BCUT2D eigenvalue weighted by molar-refractivity contribution is 5.71. The van der Waals surface area contributed by atoms with E-state index in [4.69, 9.17) is 9.84 Å². The van der Waals surface area contributed by atoms with Crippen molar-refractivity contribution in [3.05, 3.63) is 24.3 Å². The summed E-state index contributed by atoms with van der Waals surface area (Å²) < 4.78 is 5.85. The van der Waals surface area contributed by atoms with Gasteiger partial charge in [-0.1, -0.05) is 30.7 Å². The van der Waals surface area contributed by atoms with Gasteiger partial charge in [0, 0.05) is 6.42 Å². The fourth-order valence-electron chi connectivity index (χ4n) is 2.39. The molecule has 6 heteroatoms. The second kappa shape index (κ2) is 12.7. The second-order valence-corrected chi connectivity index (χ2v) is 7.27. The van der Waals surface area contributed by atoms with Crippen LogP contribution in [0.4, 0.5) is 0 Å². The molecule has 0 aliphatic heterocycles. The lowest BCUT2D eigenvalue weighted by molar-refractivity contribution is -0.873. The molecular formula is C19H34NO5+. The zero-order valence-electron chi connectivity index (χ0n) is 16.0. The molecule has 144 valence electrons. The number of carbonyl (C=O) groups excluding carboxylic acids is 1. The van der Waals surface area contributed by atoms with Crippen LogP contribution < -0.4 is 0 Å². The quantitative estimate of drug-likeness (QED) is 0.229. The third kappa shape index (κ3) is 15.6. The number of rotatable bonds is 13. The Labute approximate surface area is 151 Å². The van der Waals surface area contributed by atoms with Crippen molar-refractivity contribution < 1.29 is 29.0 Å². The Balaban J connectivity index is 4.08. The topological polar surface area (TPSA) is 83.8 Å². The number of aliphatic carboxylic acids is 1. The molecule has 0 saturated heterocycles. The van der Waals surface area contributed by atoms with E-state index in [9.17, 15) is 14.7 Å². The molecule has 2 atom stereocenters. The van der Waals surface area contributed by atoms with E-state index in [0.29, 0.717) is 30.3 Å². The summed E-state index contributed by atoms with van der Waals surface area (Å²) in [7, 11) is 5.78. The maximum Gasteiger partial charge on any atom is 0.307 e. The molecule has 0 aromatic carbocycles. The predicted octanol–water partition coefficient (Wildman–Crippen LogP) is 2.52. The molecular weight excluding hydrogens is 322 g/mol. The van der Waals surface area contributed by atoms with Gasteiger partial charge in [0.05, 0.1) is 33.7 Å². The monoisotopic (exact) mass is 356 g/mol. The third-order valence-electron chi connectivity index (χ3n) is 3.47. The Morgan fingerprint density at radius 3 is 2.40 bits per heavy atom. The third-order valence-corrected chi connectivity index (χ3v) is 3.47. The molecule has 0 aromatic rings. The fraction of sp³-hybridized carbons (Fsp3) is 0.684. The van der Waals surface area contributed by atoms with Crippen LogP contribution in [-0.2, 0) is 14.3 Å². The first-order chi connectivity index (χ1) is 11.6. The molecule has 0 aliphatic carbocycles. The molecule has 0 saturated carbocycles. The number of carbonyl (C=O) groups is 2. The van der Waals surface area contributed by atoms with Crippen molar-refractivity contribution in [1.29, 1.82) is 0 Å². The first-order valence-electron chi connectivity index (χ1n) is 8.81. The van der Waals surface area contributed by atoms with Crippen molar-refractivity contribution in [2.45, 2.75) is 57.7 Å². The van der Waals surface area contributed by atoms with Crippen LogP contribution in [0.25, 0.3) is 0 Å². The summed E-state index contributed by atoms with van der Waals surface area (Å²) in [5.41, 5.74) is 0. The second-order valence-electron chi connectivity index (χ2n) is 7.27. The first-order valence-corrected chi connectivity index (χ1v) is 8.81. The van der Waals surface area contributed by atoms with E-state index in [1.54, 1.807) is 0 Å². The number of likely N-dealkylation sites (N-methyl/N-ethyl adjacent to an activating group) is 1. The molecule has 0 bridgehead atoms. The molecule has 0 fully saturated rings. The van der Waals surface area contributed by atoms with Gasteiger partial charge in [-0.2, -0.15) is 0 Å². The van der Waals surface area contributed by atoms with E-state index >= 15 is 0 Å². The van der Waals surface area contributed by atoms with Crippen molar-refractivity contribution in [3.8, 4) is 0 Å². The summed E-state index contributed by atoms with van der Waals surface area (Å²) in [6.45, 7) is 2.39. The minimum absolute atomic E-state index is 0.182. The molecule has 2 unspecified atom stereocenters. The van der Waals surface area contributed by atoms with Gasteiger partial charge in [-0.25, -0.2) is 0 Å². The van der Waals surface area contributed by atoms with Crippen molar-refractivity contribution in [2.75, 3.05) is 27.7 Å². The van der Waals surface area contributed by atoms with Crippen LogP contribution in [0.2, 0.25) is 0 Å². The van der Waals surface area contributed by atoms with Crippen molar-refractivity contribution in [1.82, 2.24) is 0 Å². The van der Waals surface area contributed by atoms with Crippen LogP contribution >= 0.6 is 0 Å². The molecule has 0 heterocycles. The van der Waals surface area contributed by atoms with E-state index < -0.39 is 18.2 Å². The number of unbranched alkanes of at least 4 members (excludes halogenated alkanes) is 1. The van der Waals surface area contributed by atoms with E-state index in [0.717, 1.165) is 6.42 Å². The summed E-state index contributed by atoms with van der Waals surface area (Å²) in [5.74, 6) is -1.34. The van der Waals surface area contributed by atoms with E-state index in [2.05, 4.69) is 0 Å². The van der Waals surface area contributed by atoms with Crippen LogP contribution in [0, 0.1) is 0 Å². The molecule has 0 amide bonds. The lowest BCUT2D eigenvalue weighted by Gasteiger charge is -2.28. The van der Waals surface area contributed by atoms with Gasteiger partial charge in [0.1, 0.15) is 6.54 Å². The molecule has 0 rings (SSSR count). The largest absolute Gasteiger partial charge is 0.481 e. The van der Waals surface area contributed by atoms with Crippen LogP contribution in [0.3, 0.4) is 0 Å². The number of nitrogens with zero attached hydrogens (tertiary/aromatic N) is 1. The number of hydrogen-bond donors (Lipinski definition) is 2. The van der Waals surface area contributed by atoms with Gasteiger partial charge in [0.25, 0.3) is 0 Å². The number of carboxylic acid groups (broad SMARTS) is 1. The SMILES string of the molecule is C/C=C/C=C/CC(O)CCCCC(=O)OC(CC(=O)O)C[N+](C)(C)C. The van der Waals surface area contributed by atoms with Gasteiger partial charge in [0.15, 0.2) is 6.10 Å². The Bertz CT molecular complexity index is 451. The van der Waals surface area contributed by atoms with Crippen molar-refractivity contribution >= 4 is 11.9 Å². The maximum atomic E-state index is 11.9. The molecule has 6 nitrogen and oxygen atoms in total. The molecule has 25 heavy (non-hydrogen) atoms. The molecule has 0 aliphatic rings. The normalized spacial score (nSPS) is 14.8. The standard InChI is InChI=1S/C19H33NO5/c1-5-6-7-8-11-16(21)12-9-10-13-19(24)25-17(14-18(22)23)15-20(2,3)4/h5-8,16-17,21H,9-15H2,1-4H3/p+1/b6-5+,8-7+. The minimum atomic E-state index is -0.972. The number of allylic oxidation sites excluding steroid dienone is 3. The highest BCUT2D eigenvalue weighted by Crippen LogP contribution is 2.11. The smallest absolute Gasteiger partial charge is 0.307 e. The number of aliphatic hydroxyl groups is 1. The molecule has 0 spiro atoms. The Kier molecular flexibility index (Phi) is 11.8. The van der Waals surface area contributed by atoms with E-state index in [1.807, 2.05) is 52.4 Å². The highest BCUT2D eigenvalue weighted by Gasteiger charge is 2.24. The minimum Gasteiger partial charge on any atom is -0.481 e. The van der Waals surface area contributed by atoms with Crippen LogP contribution in [-0.4, -0.2) is 66.5 Å². The van der Waals surface area contributed by atoms with Gasteiger partial charge in [-0.3, -0.25) is 9.59 Å². The summed E-state index contributed by atoms with van der Waals surface area (Å²) in [5, 5.41) is 18.8. The van der Waals surface area contributed by atoms with Crippen LogP contribution in [0.1, 0.15) is 45.4 Å². The van der Waals surface area contributed by atoms with Gasteiger partial charge >= 0.3 is 11.9 Å². The fourth-order valence-corrected chi connectivity index (χ4v) is 2.39. The van der Waals surface area contributed by atoms with Crippen molar-refractivity contribution in [3.63, 3.8) is 0 Å². The van der Waals surface area contributed by atoms with Gasteiger partial charge in [-0.15, -0.1) is 0 Å². The molecule has 0 aromatic heterocycles. The predicted molar refractivity (Wildman–Crippen MR) is 98.1 cm³/mol. The number of hydrogen-bond acceptors (Lipinski definition) is 4. The van der Waals surface area contributed by atoms with Crippen LogP contribution in [0.15, 0.2) is 24.3 Å². The zero-order chi connectivity index (χ0) is 19.3. The Morgan fingerprint density at radius 2 is 1.84 bits per heavy atom.